The van der Waals surface area contributed by atoms with Crippen LogP contribution in [0.5, 0.6) is 0 Å². The Labute approximate surface area is 63.0 Å². The van der Waals surface area contributed by atoms with Crippen LogP contribution in [-0.4, -0.2) is 18.8 Å². The lowest BCUT2D eigenvalue weighted by molar-refractivity contribution is 0.358. The Hall–Kier alpha value is -0.110. The minimum absolute atomic E-state index is 0.176. The lowest BCUT2D eigenvalue weighted by atomic mass is 10.0. The smallest absolute Gasteiger partial charge is 0.0906 e. The van der Waals surface area contributed by atoms with E-state index in [2.05, 4.69) is 26.1 Å². The predicted octanol–water partition coefficient (Wildman–Crippen LogP) is 2.12. The third-order valence-corrected chi connectivity index (χ3v) is 1.80. The van der Waals surface area contributed by atoms with Crippen molar-refractivity contribution in [1.29, 1.82) is 0 Å². The van der Waals surface area contributed by atoms with Gasteiger partial charge in [-0.15, -0.1) is 0 Å². The molecule has 1 N–H and O–H groups in total. The van der Waals surface area contributed by atoms with Gasteiger partial charge in [-0.3, -0.25) is 4.39 Å². The van der Waals surface area contributed by atoms with Crippen LogP contribution < -0.4 is 5.32 Å². The highest BCUT2D eigenvalue weighted by molar-refractivity contribution is 4.74. The van der Waals surface area contributed by atoms with Gasteiger partial charge in [-0.05, 0) is 33.2 Å². The Morgan fingerprint density at radius 1 is 1.40 bits per heavy atom. The lowest BCUT2D eigenvalue weighted by Crippen LogP contribution is -2.39. The zero-order valence-corrected chi connectivity index (χ0v) is 7.21. The van der Waals surface area contributed by atoms with E-state index in [4.69, 9.17) is 0 Å². The van der Waals surface area contributed by atoms with Gasteiger partial charge in [0.25, 0.3) is 0 Å². The average molecular weight is 147 g/mol. The first-order chi connectivity index (χ1) is 4.62. The average Bonchev–Trinajstić information content (AvgIpc) is 1.89. The molecule has 0 fully saturated rings. The topological polar surface area (TPSA) is 12.0 Å². The van der Waals surface area contributed by atoms with Gasteiger partial charge in [-0.25, -0.2) is 0 Å². The predicted molar refractivity (Wildman–Crippen MR) is 43.0 cm³/mol. The van der Waals surface area contributed by atoms with Crippen LogP contribution in [-0.2, 0) is 0 Å². The van der Waals surface area contributed by atoms with Crippen LogP contribution in [0.3, 0.4) is 0 Å². The summed E-state index contributed by atoms with van der Waals surface area (Å²) in [5.74, 6) is 0. The van der Waals surface area contributed by atoms with Gasteiger partial charge in [0, 0.05) is 5.54 Å². The molecule has 2 heteroatoms. The summed E-state index contributed by atoms with van der Waals surface area (Å²) < 4.78 is 11.6. The molecule has 1 nitrogen and oxygen atoms in total. The summed E-state index contributed by atoms with van der Waals surface area (Å²) in [5.41, 5.74) is 0.176. The minimum atomic E-state index is -0.215. The summed E-state index contributed by atoms with van der Waals surface area (Å²) >= 11 is 0. The molecule has 0 amide bonds. The summed E-state index contributed by atoms with van der Waals surface area (Å²) in [4.78, 5) is 0. The Balaban J connectivity index is 3.28. The second kappa shape index (κ2) is 4.67. The highest BCUT2D eigenvalue weighted by atomic mass is 19.1. The second-order valence-electron chi connectivity index (χ2n) is 3.21. The normalized spacial score (nSPS) is 12.0. The maximum absolute atomic E-state index is 11.6. The molecule has 62 valence electrons. The first kappa shape index (κ1) is 9.89. The van der Waals surface area contributed by atoms with Crippen molar-refractivity contribution in [3.63, 3.8) is 0 Å². The summed E-state index contributed by atoms with van der Waals surface area (Å²) in [7, 11) is 0. The third-order valence-electron chi connectivity index (χ3n) is 1.80. The van der Waals surface area contributed by atoms with Crippen molar-refractivity contribution in [2.24, 2.45) is 0 Å². The number of hydrogen-bond acceptors (Lipinski definition) is 1. The fourth-order valence-corrected chi connectivity index (χ4v) is 0.619. The van der Waals surface area contributed by atoms with Crippen molar-refractivity contribution in [3.05, 3.63) is 0 Å². The van der Waals surface area contributed by atoms with Gasteiger partial charge >= 0.3 is 0 Å². The summed E-state index contributed by atoms with van der Waals surface area (Å²) in [6.07, 6.45) is 1.71. The molecular formula is C8H18FN. The maximum Gasteiger partial charge on any atom is 0.0906 e. The molecule has 0 saturated carbocycles. The number of nitrogens with one attached hydrogen (secondary N) is 1. The van der Waals surface area contributed by atoms with E-state index >= 15 is 0 Å². The molecule has 0 heterocycles. The summed E-state index contributed by atoms with van der Waals surface area (Å²) in [5, 5.41) is 3.27. The van der Waals surface area contributed by atoms with Crippen molar-refractivity contribution in [1.82, 2.24) is 5.32 Å². The molecular weight excluding hydrogens is 129 g/mol. The Bertz CT molecular complexity index is 81.3. The van der Waals surface area contributed by atoms with Crippen LogP contribution >= 0.6 is 0 Å². The molecule has 0 aromatic heterocycles. The molecule has 0 aromatic carbocycles. The first-order valence-corrected chi connectivity index (χ1v) is 3.93. The number of rotatable bonds is 5. The van der Waals surface area contributed by atoms with Crippen LogP contribution in [0.1, 0.15) is 33.6 Å². The van der Waals surface area contributed by atoms with E-state index in [1.165, 1.54) is 0 Å². The molecule has 0 spiro atoms. The van der Waals surface area contributed by atoms with Gasteiger partial charge in [0.2, 0.25) is 0 Å². The van der Waals surface area contributed by atoms with Crippen LogP contribution in [0.15, 0.2) is 0 Å². The van der Waals surface area contributed by atoms with Gasteiger partial charge in [-0.1, -0.05) is 6.92 Å². The zero-order valence-electron chi connectivity index (χ0n) is 7.21. The van der Waals surface area contributed by atoms with Crippen molar-refractivity contribution >= 4 is 0 Å². The Morgan fingerprint density at radius 2 is 2.00 bits per heavy atom. The van der Waals surface area contributed by atoms with Crippen molar-refractivity contribution < 1.29 is 4.39 Å². The molecule has 0 rings (SSSR count). The maximum atomic E-state index is 11.6. The largest absolute Gasteiger partial charge is 0.312 e. The van der Waals surface area contributed by atoms with Gasteiger partial charge in [0.15, 0.2) is 0 Å². The van der Waals surface area contributed by atoms with E-state index in [0.29, 0.717) is 6.42 Å². The molecule has 0 aromatic rings. The van der Waals surface area contributed by atoms with Crippen LogP contribution in [0.25, 0.3) is 0 Å². The number of hydrogen-bond donors (Lipinski definition) is 1. The Kier molecular flexibility index (Phi) is 4.62. The highest BCUT2D eigenvalue weighted by Gasteiger charge is 2.11. The standard InChI is InChI=1S/C8H18FN/c1-4-8(2,3)10-7-5-6-9/h10H,4-7H2,1-3H3. The second-order valence-corrected chi connectivity index (χ2v) is 3.21. The van der Waals surface area contributed by atoms with Gasteiger partial charge in [0.05, 0.1) is 6.67 Å². The van der Waals surface area contributed by atoms with E-state index in [9.17, 15) is 4.39 Å². The van der Waals surface area contributed by atoms with E-state index < -0.39 is 0 Å². The molecule has 10 heavy (non-hydrogen) atoms. The zero-order chi connectivity index (χ0) is 8.04. The molecule has 0 radical (unpaired) electrons. The summed E-state index contributed by atoms with van der Waals surface area (Å²) in [6.45, 7) is 6.96. The molecule has 0 aliphatic rings. The van der Waals surface area contributed by atoms with Crippen LogP contribution in [0.2, 0.25) is 0 Å². The molecule has 0 unspecified atom stereocenters. The first-order valence-electron chi connectivity index (χ1n) is 3.93. The van der Waals surface area contributed by atoms with E-state index in [1.54, 1.807) is 0 Å². The molecule has 0 saturated heterocycles. The van der Waals surface area contributed by atoms with E-state index in [-0.39, 0.29) is 12.2 Å². The molecule has 0 atom stereocenters. The molecule has 0 aliphatic carbocycles. The SMILES string of the molecule is CCC(C)(C)NCCCF. The van der Waals surface area contributed by atoms with Crippen molar-refractivity contribution in [3.8, 4) is 0 Å². The monoisotopic (exact) mass is 147 g/mol. The van der Waals surface area contributed by atoms with E-state index in [0.717, 1.165) is 13.0 Å². The molecule has 0 aliphatic heterocycles. The highest BCUT2D eigenvalue weighted by Crippen LogP contribution is 2.05. The van der Waals surface area contributed by atoms with Gasteiger partial charge < -0.3 is 5.32 Å². The number of halogens is 1. The molecule has 0 bridgehead atoms. The fraction of sp³-hybridized carbons (Fsp3) is 1.00. The van der Waals surface area contributed by atoms with Gasteiger partial charge in [-0.2, -0.15) is 0 Å². The van der Waals surface area contributed by atoms with Crippen LogP contribution in [0.4, 0.5) is 4.39 Å². The number of alkyl halides is 1. The summed E-state index contributed by atoms with van der Waals surface area (Å²) in [6, 6.07) is 0. The quantitative estimate of drug-likeness (QED) is 0.587. The van der Waals surface area contributed by atoms with E-state index in [1.807, 2.05) is 0 Å². The third kappa shape index (κ3) is 4.74. The van der Waals surface area contributed by atoms with Crippen molar-refractivity contribution in [2.75, 3.05) is 13.2 Å². The minimum Gasteiger partial charge on any atom is -0.312 e. The van der Waals surface area contributed by atoms with Gasteiger partial charge in [0.1, 0.15) is 0 Å². The fourth-order valence-electron chi connectivity index (χ4n) is 0.619. The Morgan fingerprint density at radius 3 is 2.40 bits per heavy atom. The van der Waals surface area contributed by atoms with Crippen molar-refractivity contribution in [2.45, 2.75) is 39.2 Å². The van der Waals surface area contributed by atoms with Crippen LogP contribution in [0, 0.1) is 0 Å². The lowest BCUT2D eigenvalue weighted by Gasteiger charge is -2.24.